The van der Waals surface area contributed by atoms with Gasteiger partial charge in [-0.2, -0.15) is 0 Å². The lowest BCUT2D eigenvalue weighted by atomic mass is 9.84. The number of unbranched alkanes of at least 4 members (excludes halogenated alkanes) is 7. The van der Waals surface area contributed by atoms with Crippen molar-refractivity contribution in [3.8, 4) is 0 Å². The Hall–Kier alpha value is -0.0800. The maximum atomic E-state index is 9.38. The molecule has 1 unspecified atom stereocenters. The van der Waals surface area contributed by atoms with E-state index in [4.69, 9.17) is 0 Å². The first-order valence-electron chi connectivity index (χ1n) is 8.51. The van der Waals surface area contributed by atoms with Gasteiger partial charge in [0.15, 0.2) is 0 Å². The molecule has 0 heterocycles. The molecule has 0 rings (SSSR count). The monoisotopic (exact) mass is 272 g/mol. The third-order valence-corrected chi connectivity index (χ3v) is 4.24. The van der Waals surface area contributed by atoms with Crippen molar-refractivity contribution < 1.29 is 10.2 Å². The fourth-order valence-electron chi connectivity index (χ4n) is 2.82. The van der Waals surface area contributed by atoms with Gasteiger partial charge in [-0.15, -0.1) is 0 Å². The molecule has 19 heavy (non-hydrogen) atoms. The predicted molar refractivity (Wildman–Crippen MR) is 83.3 cm³/mol. The summed E-state index contributed by atoms with van der Waals surface area (Å²) in [6.07, 6.45) is 14.0. The minimum atomic E-state index is 0.104. The van der Waals surface area contributed by atoms with Crippen molar-refractivity contribution in [2.24, 2.45) is 11.8 Å². The molecule has 2 N–H and O–H groups in total. The second-order valence-electron chi connectivity index (χ2n) is 5.94. The van der Waals surface area contributed by atoms with E-state index in [9.17, 15) is 10.2 Å². The molecule has 116 valence electrons. The summed E-state index contributed by atoms with van der Waals surface area (Å²) in [5.74, 6) is 0.626. The summed E-state index contributed by atoms with van der Waals surface area (Å²) in [6, 6.07) is 0. The molecule has 0 fully saturated rings. The molecule has 0 aromatic rings. The van der Waals surface area contributed by atoms with Crippen molar-refractivity contribution >= 4 is 0 Å². The quantitative estimate of drug-likeness (QED) is 0.456. The standard InChI is InChI=1S/C17H36O2/c1-3-5-7-9-11-13-16(17(14-18)15-19)12-10-8-6-4-2/h16-19H,3-15H2,1-2H3. The molecule has 0 spiro atoms. The Balaban J connectivity index is 3.89. The van der Waals surface area contributed by atoms with Gasteiger partial charge in [-0.1, -0.05) is 84.5 Å². The maximum Gasteiger partial charge on any atom is 0.0483 e. The molecule has 0 saturated carbocycles. The van der Waals surface area contributed by atoms with Crippen LogP contribution in [0.5, 0.6) is 0 Å². The van der Waals surface area contributed by atoms with Crippen molar-refractivity contribution in [3.05, 3.63) is 0 Å². The summed E-state index contributed by atoms with van der Waals surface area (Å²) >= 11 is 0. The Morgan fingerprint density at radius 2 is 1.00 bits per heavy atom. The molecule has 0 aliphatic heterocycles. The first-order valence-corrected chi connectivity index (χ1v) is 8.51. The van der Waals surface area contributed by atoms with Crippen molar-refractivity contribution in [1.29, 1.82) is 0 Å². The van der Waals surface area contributed by atoms with Crippen LogP contribution < -0.4 is 0 Å². The molecule has 0 amide bonds. The summed E-state index contributed by atoms with van der Waals surface area (Å²) in [5, 5.41) is 18.8. The van der Waals surface area contributed by atoms with Gasteiger partial charge in [0.2, 0.25) is 0 Å². The molecule has 0 aromatic carbocycles. The molecule has 0 radical (unpaired) electrons. The smallest absolute Gasteiger partial charge is 0.0483 e. The normalized spacial score (nSPS) is 13.1. The highest BCUT2D eigenvalue weighted by molar-refractivity contribution is 4.69. The van der Waals surface area contributed by atoms with E-state index in [1.54, 1.807) is 0 Å². The van der Waals surface area contributed by atoms with Gasteiger partial charge in [0, 0.05) is 19.1 Å². The van der Waals surface area contributed by atoms with Crippen LogP contribution in [0.1, 0.15) is 84.5 Å². The van der Waals surface area contributed by atoms with Crippen LogP contribution in [0.25, 0.3) is 0 Å². The third-order valence-electron chi connectivity index (χ3n) is 4.24. The first-order chi connectivity index (χ1) is 9.29. The van der Waals surface area contributed by atoms with Crippen molar-refractivity contribution in [1.82, 2.24) is 0 Å². The van der Waals surface area contributed by atoms with E-state index in [1.807, 2.05) is 0 Å². The van der Waals surface area contributed by atoms with E-state index in [-0.39, 0.29) is 19.1 Å². The topological polar surface area (TPSA) is 40.5 Å². The predicted octanol–water partition coefficient (Wildman–Crippen LogP) is 4.53. The van der Waals surface area contributed by atoms with E-state index >= 15 is 0 Å². The second-order valence-corrected chi connectivity index (χ2v) is 5.94. The van der Waals surface area contributed by atoms with Crippen molar-refractivity contribution in [2.45, 2.75) is 84.5 Å². The van der Waals surface area contributed by atoms with Crippen LogP contribution in [0.2, 0.25) is 0 Å². The Morgan fingerprint density at radius 3 is 1.42 bits per heavy atom. The molecular formula is C17H36O2. The van der Waals surface area contributed by atoms with Crippen LogP contribution in [0.15, 0.2) is 0 Å². The molecule has 2 nitrogen and oxygen atoms in total. The largest absolute Gasteiger partial charge is 0.396 e. The van der Waals surface area contributed by atoms with Gasteiger partial charge in [-0.3, -0.25) is 0 Å². The number of hydrogen-bond acceptors (Lipinski definition) is 2. The van der Waals surface area contributed by atoms with Crippen LogP contribution in [0.3, 0.4) is 0 Å². The lowest BCUT2D eigenvalue weighted by Gasteiger charge is -2.24. The summed E-state index contributed by atoms with van der Waals surface area (Å²) in [4.78, 5) is 0. The van der Waals surface area contributed by atoms with Gasteiger partial charge < -0.3 is 10.2 Å². The Kier molecular flexibility index (Phi) is 14.3. The average molecular weight is 272 g/mol. The van der Waals surface area contributed by atoms with Gasteiger partial charge in [0.1, 0.15) is 0 Å². The zero-order chi connectivity index (χ0) is 14.3. The van der Waals surface area contributed by atoms with Gasteiger partial charge in [-0.25, -0.2) is 0 Å². The number of hydrogen-bond donors (Lipinski definition) is 2. The summed E-state index contributed by atoms with van der Waals surface area (Å²) in [6.45, 7) is 4.76. The molecule has 0 saturated heterocycles. The van der Waals surface area contributed by atoms with Gasteiger partial charge in [-0.05, 0) is 5.92 Å². The van der Waals surface area contributed by atoms with E-state index in [0.29, 0.717) is 5.92 Å². The SMILES string of the molecule is CCCCCCCC(CCCCCC)C(CO)CO. The van der Waals surface area contributed by atoms with Crippen LogP contribution in [0, 0.1) is 11.8 Å². The van der Waals surface area contributed by atoms with Crippen molar-refractivity contribution in [2.75, 3.05) is 13.2 Å². The van der Waals surface area contributed by atoms with Gasteiger partial charge in [0.05, 0.1) is 0 Å². The maximum absolute atomic E-state index is 9.38. The van der Waals surface area contributed by atoms with E-state index in [1.165, 1.54) is 70.6 Å². The highest BCUT2D eigenvalue weighted by Crippen LogP contribution is 2.25. The Bertz CT molecular complexity index is 167. The molecule has 0 aliphatic carbocycles. The van der Waals surface area contributed by atoms with E-state index in [0.717, 1.165) is 0 Å². The van der Waals surface area contributed by atoms with Crippen molar-refractivity contribution in [3.63, 3.8) is 0 Å². The Morgan fingerprint density at radius 1 is 0.579 bits per heavy atom. The highest BCUT2D eigenvalue weighted by Gasteiger charge is 2.19. The second kappa shape index (κ2) is 14.3. The molecular weight excluding hydrogens is 236 g/mol. The zero-order valence-corrected chi connectivity index (χ0v) is 13.2. The molecule has 1 atom stereocenters. The fraction of sp³-hybridized carbons (Fsp3) is 1.00. The lowest BCUT2D eigenvalue weighted by Crippen LogP contribution is -2.22. The molecule has 0 aliphatic rings. The van der Waals surface area contributed by atoms with Crippen LogP contribution >= 0.6 is 0 Å². The third kappa shape index (κ3) is 10.4. The van der Waals surface area contributed by atoms with Crippen LogP contribution in [-0.4, -0.2) is 23.4 Å². The summed E-state index contributed by atoms with van der Waals surface area (Å²) in [7, 11) is 0. The van der Waals surface area contributed by atoms with Gasteiger partial charge in [0.25, 0.3) is 0 Å². The average Bonchev–Trinajstić information content (AvgIpc) is 2.43. The van der Waals surface area contributed by atoms with Crippen LogP contribution in [0.4, 0.5) is 0 Å². The van der Waals surface area contributed by atoms with Gasteiger partial charge >= 0.3 is 0 Å². The number of aliphatic hydroxyl groups excluding tert-OH is 2. The van der Waals surface area contributed by atoms with E-state index in [2.05, 4.69) is 13.8 Å². The summed E-state index contributed by atoms with van der Waals surface area (Å²) < 4.78 is 0. The minimum absolute atomic E-state index is 0.104. The zero-order valence-electron chi connectivity index (χ0n) is 13.2. The highest BCUT2D eigenvalue weighted by atomic mass is 16.3. The first kappa shape index (κ1) is 18.9. The molecule has 0 bridgehead atoms. The number of aliphatic hydroxyl groups is 2. The van der Waals surface area contributed by atoms with E-state index < -0.39 is 0 Å². The fourth-order valence-corrected chi connectivity index (χ4v) is 2.82. The minimum Gasteiger partial charge on any atom is -0.396 e. The summed E-state index contributed by atoms with van der Waals surface area (Å²) in [5.41, 5.74) is 0. The van der Waals surface area contributed by atoms with Crippen LogP contribution in [-0.2, 0) is 0 Å². The number of rotatable bonds is 14. The Labute approximate surface area is 120 Å². The lowest BCUT2D eigenvalue weighted by molar-refractivity contribution is 0.0954. The molecule has 2 heteroatoms. The molecule has 0 aromatic heterocycles.